The minimum Gasteiger partial charge on any atom is -0.342 e. The zero-order valence-electron chi connectivity index (χ0n) is 17.1. The summed E-state index contributed by atoms with van der Waals surface area (Å²) in [6.45, 7) is 7.52. The summed E-state index contributed by atoms with van der Waals surface area (Å²) in [5, 5.41) is 12.4. The summed E-state index contributed by atoms with van der Waals surface area (Å²) in [5.41, 5.74) is 2.84. The van der Waals surface area contributed by atoms with Gasteiger partial charge in [0, 0.05) is 19.0 Å². The smallest absolute Gasteiger partial charge is 0.280 e. The Balaban J connectivity index is 1.35. The maximum Gasteiger partial charge on any atom is 0.280 e. The zero-order chi connectivity index (χ0) is 20.4. The first kappa shape index (κ1) is 19.3. The molecule has 29 heavy (non-hydrogen) atoms. The van der Waals surface area contributed by atoms with Crippen molar-refractivity contribution in [2.75, 3.05) is 13.1 Å². The number of rotatable bonds is 5. The molecule has 0 radical (unpaired) electrons. The monoisotopic (exact) mass is 394 g/mol. The molecule has 3 heterocycles. The fraction of sp³-hybridized carbons (Fsp3) is 0.476. The first-order valence-corrected chi connectivity index (χ1v) is 10.1. The first-order chi connectivity index (χ1) is 14.0. The summed E-state index contributed by atoms with van der Waals surface area (Å²) in [7, 11) is 0. The van der Waals surface area contributed by atoms with Gasteiger partial charge in [-0.2, -0.15) is 4.98 Å². The van der Waals surface area contributed by atoms with Gasteiger partial charge < -0.3 is 9.42 Å². The molecule has 1 fully saturated rings. The molecule has 0 N–H and O–H groups in total. The number of hydrogen-bond donors (Lipinski definition) is 0. The average Bonchev–Trinajstić information content (AvgIpc) is 3.39. The fourth-order valence-corrected chi connectivity index (χ4v) is 3.59. The summed E-state index contributed by atoms with van der Waals surface area (Å²) >= 11 is 0. The second-order valence-corrected chi connectivity index (χ2v) is 7.91. The number of piperidine rings is 1. The number of hydrogen-bond acceptors (Lipinski definition) is 6. The number of carbonyl (C=O) groups is 1. The Labute approximate surface area is 169 Å². The van der Waals surface area contributed by atoms with Crippen molar-refractivity contribution in [3.05, 3.63) is 47.4 Å². The molecular weight excluding hydrogens is 368 g/mol. The van der Waals surface area contributed by atoms with E-state index in [4.69, 9.17) is 4.52 Å². The van der Waals surface area contributed by atoms with E-state index < -0.39 is 0 Å². The number of aromatic nitrogens is 5. The van der Waals surface area contributed by atoms with Crippen LogP contribution < -0.4 is 0 Å². The molecule has 152 valence electrons. The highest BCUT2D eigenvalue weighted by molar-refractivity contribution is 5.79. The molecule has 2 aromatic heterocycles. The van der Waals surface area contributed by atoms with Gasteiger partial charge in [-0.15, -0.1) is 5.10 Å². The molecule has 8 heteroatoms. The van der Waals surface area contributed by atoms with Gasteiger partial charge in [0.2, 0.25) is 5.91 Å². The zero-order valence-corrected chi connectivity index (χ0v) is 17.1. The summed E-state index contributed by atoms with van der Waals surface area (Å²) in [5.74, 6) is 1.44. The third kappa shape index (κ3) is 4.21. The molecule has 1 aromatic carbocycles. The van der Waals surface area contributed by atoms with Gasteiger partial charge in [0.25, 0.3) is 5.89 Å². The highest BCUT2D eigenvalue weighted by Crippen LogP contribution is 2.25. The summed E-state index contributed by atoms with van der Waals surface area (Å²) < 4.78 is 7.16. The molecule has 4 rings (SSSR count). The molecule has 8 nitrogen and oxygen atoms in total. The maximum absolute atomic E-state index is 12.7. The highest BCUT2D eigenvalue weighted by atomic mass is 16.5. The van der Waals surface area contributed by atoms with Crippen molar-refractivity contribution in [3.63, 3.8) is 0 Å². The fourth-order valence-electron chi connectivity index (χ4n) is 3.59. The third-order valence-electron chi connectivity index (χ3n) is 5.48. The van der Waals surface area contributed by atoms with Crippen molar-refractivity contribution < 1.29 is 9.32 Å². The largest absolute Gasteiger partial charge is 0.342 e. The van der Waals surface area contributed by atoms with Gasteiger partial charge in [0.15, 0.2) is 11.5 Å². The van der Waals surface area contributed by atoms with Crippen LogP contribution in [0.4, 0.5) is 0 Å². The van der Waals surface area contributed by atoms with Crippen molar-refractivity contribution in [1.29, 1.82) is 0 Å². The Kier molecular flexibility index (Phi) is 5.42. The normalized spacial score (nSPS) is 15.2. The number of likely N-dealkylation sites (tertiary alicyclic amines) is 1. The van der Waals surface area contributed by atoms with Crippen LogP contribution in [0.3, 0.4) is 0 Å². The van der Waals surface area contributed by atoms with Gasteiger partial charge in [-0.25, -0.2) is 4.68 Å². The van der Waals surface area contributed by atoms with E-state index >= 15 is 0 Å². The van der Waals surface area contributed by atoms with Gasteiger partial charge in [-0.05, 0) is 30.9 Å². The Morgan fingerprint density at radius 2 is 2.00 bits per heavy atom. The predicted octanol–water partition coefficient (Wildman–Crippen LogP) is 3.17. The van der Waals surface area contributed by atoms with Gasteiger partial charge in [0.05, 0.1) is 18.7 Å². The first-order valence-electron chi connectivity index (χ1n) is 10.1. The Hall–Kier alpha value is -3.03. The molecule has 0 aliphatic carbocycles. The molecule has 1 amide bonds. The minimum atomic E-state index is 0.184. The minimum absolute atomic E-state index is 0.184. The molecule has 0 atom stereocenters. The Morgan fingerprint density at radius 1 is 1.24 bits per heavy atom. The van der Waals surface area contributed by atoms with Crippen molar-refractivity contribution in [3.8, 4) is 11.6 Å². The molecule has 0 bridgehead atoms. The van der Waals surface area contributed by atoms with Crippen LogP contribution in [0.2, 0.25) is 0 Å². The lowest BCUT2D eigenvalue weighted by atomic mass is 10.0. The lowest BCUT2D eigenvalue weighted by molar-refractivity contribution is -0.131. The van der Waals surface area contributed by atoms with E-state index in [-0.39, 0.29) is 17.9 Å². The van der Waals surface area contributed by atoms with Crippen LogP contribution in [0, 0.1) is 6.92 Å². The van der Waals surface area contributed by atoms with Crippen molar-refractivity contribution >= 4 is 5.91 Å². The lowest BCUT2D eigenvalue weighted by Gasteiger charge is -2.32. The van der Waals surface area contributed by atoms with E-state index in [2.05, 4.69) is 20.5 Å². The van der Waals surface area contributed by atoms with Crippen LogP contribution >= 0.6 is 0 Å². The molecule has 0 spiro atoms. The second-order valence-electron chi connectivity index (χ2n) is 7.91. The summed E-state index contributed by atoms with van der Waals surface area (Å²) in [4.78, 5) is 19.0. The summed E-state index contributed by atoms with van der Waals surface area (Å²) in [6.07, 6.45) is 4.01. The molecule has 1 saturated heterocycles. The highest BCUT2D eigenvalue weighted by Gasteiger charge is 2.25. The van der Waals surface area contributed by atoms with E-state index in [0.29, 0.717) is 23.8 Å². The molecule has 3 aromatic rings. The van der Waals surface area contributed by atoms with E-state index in [1.807, 2.05) is 60.8 Å². The average molecular weight is 394 g/mol. The maximum atomic E-state index is 12.7. The van der Waals surface area contributed by atoms with Gasteiger partial charge in [0.1, 0.15) is 0 Å². The molecule has 0 saturated carbocycles. The van der Waals surface area contributed by atoms with E-state index in [9.17, 15) is 4.79 Å². The van der Waals surface area contributed by atoms with Gasteiger partial charge in [-0.1, -0.05) is 48.5 Å². The molecular formula is C21H26N6O2. The number of nitrogens with zero attached hydrogens (tertiary/aromatic N) is 6. The topological polar surface area (TPSA) is 89.9 Å². The van der Waals surface area contributed by atoms with Gasteiger partial charge >= 0.3 is 0 Å². The SMILES string of the molecule is Cc1ccccc1CC(=O)N1CCC(n2cc(-c3nc(C(C)C)no3)nn2)CC1. The lowest BCUT2D eigenvalue weighted by Crippen LogP contribution is -2.40. The van der Waals surface area contributed by atoms with Crippen molar-refractivity contribution in [2.45, 2.75) is 52.0 Å². The number of aryl methyl sites for hydroxylation is 1. The van der Waals surface area contributed by atoms with Crippen LogP contribution in [-0.4, -0.2) is 49.0 Å². The van der Waals surface area contributed by atoms with Crippen LogP contribution in [-0.2, 0) is 11.2 Å². The predicted molar refractivity (Wildman–Crippen MR) is 107 cm³/mol. The van der Waals surface area contributed by atoms with Crippen LogP contribution in [0.1, 0.15) is 55.6 Å². The number of carbonyl (C=O) groups excluding carboxylic acids is 1. The van der Waals surface area contributed by atoms with E-state index in [1.54, 1.807) is 0 Å². The number of amides is 1. The molecule has 1 aliphatic rings. The Bertz CT molecular complexity index is 984. The standard InChI is InChI=1S/C21H26N6O2/c1-14(2)20-22-21(29-24-20)18-13-27(25-23-18)17-8-10-26(11-9-17)19(28)12-16-7-5-4-6-15(16)3/h4-7,13-14,17H,8-12H2,1-3H3. The quantitative estimate of drug-likeness (QED) is 0.660. The van der Waals surface area contributed by atoms with Crippen LogP contribution in [0.5, 0.6) is 0 Å². The molecule has 0 unspecified atom stereocenters. The number of benzene rings is 1. The second kappa shape index (κ2) is 8.14. The van der Waals surface area contributed by atoms with Crippen molar-refractivity contribution in [1.82, 2.24) is 30.0 Å². The third-order valence-corrected chi connectivity index (χ3v) is 5.48. The molecule has 1 aliphatic heterocycles. The van der Waals surface area contributed by atoms with Crippen LogP contribution in [0.15, 0.2) is 35.0 Å². The van der Waals surface area contributed by atoms with E-state index in [1.165, 1.54) is 0 Å². The Morgan fingerprint density at radius 3 is 2.69 bits per heavy atom. The summed E-state index contributed by atoms with van der Waals surface area (Å²) in [6, 6.07) is 8.27. The van der Waals surface area contributed by atoms with Gasteiger partial charge in [-0.3, -0.25) is 4.79 Å². The van der Waals surface area contributed by atoms with E-state index in [0.717, 1.165) is 37.1 Å². The van der Waals surface area contributed by atoms with Crippen LogP contribution in [0.25, 0.3) is 11.6 Å². The van der Waals surface area contributed by atoms with Crippen molar-refractivity contribution in [2.24, 2.45) is 0 Å².